The highest BCUT2D eigenvalue weighted by atomic mass is 16.1. The van der Waals surface area contributed by atoms with Crippen molar-refractivity contribution in [1.29, 1.82) is 0 Å². The van der Waals surface area contributed by atoms with Crippen LogP contribution in [-0.4, -0.2) is 17.7 Å². The summed E-state index contributed by atoms with van der Waals surface area (Å²) in [5.74, 6) is 0. The predicted octanol–water partition coefficient (Wildman–Crippen LogP) is 2.86. The Labute approximate surface area is 131 Å². The first-order valence-corrected chi connectivity index (χ1v) is 8.02. The summed E-state index contributed by atoms with van der Waals surface area (Å²) >= 11 is 0. The summed E-state index contributed by atoms with van der Waals surface area (Å²) in [6, 6.07) is 11.3. The van der Waals surface area contributed by atoms with Gasteiger partial charge in [0.25, 0.3) is 5.56 Å². The van der Waals surface area contributed by atoms with Gasteiger partial charge in [0.2, 0.25) is 0 Å². The summed E-state index contributed by atoms with van der Waals surface area (Å²) in [5.41, 5.74) is 8.73. The third kappa shape index (κ3) is 3.50. The van der Waals surface area contributed by atoms with Gasteiger partial charge >= 0.3 is 0 Å². The van der Waals surface area contributed by atoms with Gasteiger partial charge in [0.1, 0.15) is 0 Å². The van der Waals surface area contributed by atoms with E-state index in [1.807, 2.05) is 36.5 Å². The SMILES string of the molecule is Nc1ccc(Cn2cc(N3CCCCCC3)ccc2=O)cc1. The van der Waals surface area contributed by atoms with Crippen LogP contribution in [0.5, 0.6) is 0 Å². The molecule has 0 amide bonds. The fourth-order valence-electron chi connectivity index (χ4n) is 2.98. The molecule has 1 aliphatic heterocycles. The number of nitrogen functional groups attached to an aromatic ring is 1. The molecule has 4 heteroatoms. The number of hydrogen-bond acceptors (Lipinski definition) is 3. The van der Waals surface area contributed by atoms with Gasteiger partial charge in [0.05, 0.1) is 12.2 Å². The van der Waals surface area contributed by atoms with E-state index in [0.29, 0.717) is 6.54 Å². The van der Waals surface area contributed by atoms with E-state index < -0.39 is 0 Å². The van der Waals surface area contributed by atoms with E-state index in [-0.39, 0.29) is 5.56 Å². The fraction of sp³-hybridized carbons (Fsp3) is 0.389. The Hall–Kier alpha value is -2.23. The molecular weight excluding hydrogens is 274 g/mol. The van der Waals surface area contributed by atoms with E-state index in [2.05, 4.69) is 4.90 Å². The third-order valence-electron chi connectivity index (χ3n) is 4.27. The van der Waals surface area contributed by atoms with Crippen molar-refractivity contribution in [2.45, 2.75) is 32.2 Å². The summed E-state index contributed by atoms with van der Waals surface area (Å²) in [6.45, 7) is 2.75. The number of benzene rings is 1. The Balaban J connectivity index is 1.83. The van der Waals surface area contributed by atoms with Gasteiger partial charge in [-0.05, 0) is 36.6 Å². The van der Waals surface area contributed by atoms with E-state index in [0.717, 1.165) is 30.0 Å². The standard InChI is InChI=1S/C18H23N3O/c19-16-7-5-15(6-8-16)13-21-14-17(9-10-18(21)22)20-11-3-1-2-4-12-20/h5-10,14H,1-4,11-13,19H2. The van der Waals surface area contributed by atoms with Crippen LogP contribution in [-0.2, 0) is 6.54 Å². The van der Waals surface area contributed by atoms with Crippen LogP contribution in [0, 0.1) is 0 Å². The molecule has 0 aliphatic carbocycles. The maximum absolute atomic E-state index is 12.1. The van der Waals surface area contributed by atoms with Crippen LogP contribution in [0.2, 0.25) is 0 Å². The van der Waals surface area contributed by atoms with Crippen LogP contribution < -0.4 is 16.2 Å². The van der Waals surface area contributed by atoms with Gasteiger partial charge in [0, 0.05) is 31.0 Å². The number of hydrogen-bond donors (Lipinski definition) is 1. The largest absolute Gasteiger partial charge is 0.399 e. The van der Waals surface area contributed by atoms with Crippen molar-refractivity contribution < 1.29 is 0 Å². The number of anilines is 2. The molecule has 2 N–H and O–H groups in total. The lowest BCUT2D eigenvalue weighted by Gasteiger charge is -2.23. The minimum atomic E-state index is 0.0374. The second-order valence-electron chi connectivity index (χ2n) is 6.00. The van der Waals surface area contributed by atoms with E-state index in [1.54, 1.807) is 10.6 Å². The van der Waals surface area contributed by atoms with Crippen molar-refractivity contribution in [2.24, 2.45) is 0 Å². The second kappa shape index (κ2) is 6.69. The van der Waals surface area contributed by atoms with Crippen molar-refractivity contribution in [3.05, 3.63) is 58.5 Å². The zero-order chi connectivity index (χ0) is 15.4. The van der Waals surface area contributed by atoms with E-state index in [9.17, 15) is 4.79 Å². The Morgan fingerprint density at radius 2 is 1.59 bits per heavy atom. The quantitative estimate of drug-likeness (QED) is 0.886. The summed E-state index contributed by atoms with van der Waals surface area (Å²) in [7, 11) is 0. The van der Waals surface area contributed by atoms with Crippen LogP contribution in [0.15, 0.2) is 47.4 Å². The Bertz CT molecular complexity index is 667. The smallest absolute Gasteiger partial charge is 0.250 e. The molecule has 2 heterocycles. The van der Waals surface area contributed by atoms with Crippen molar-refractivity contribution in [3.8, 4) is 0 Å². The zero-order valence-corrected chi connectivity index (χ0v) is 12.9. The molecule has 22 heavy (non-hydrogen) atoms. The minimum Gasteiger partial charge on any atom is -0.399 e. The third-order valence-corrected chi connectivity index (χ3v) is 4.27. The van der Waals surface area contributed by atoms with Gasteiger partial charge in [-0.3, -0.25) is 4.79 Å². The van der Waals surface area contributed by atoms with Crippen molar-refractivity contribution in [1.82, 2.24) is 4.57 Å². The molecular formula is C18H23N3O. The molecule has 1 aromatic carbocycles. The second-order valence-corrected chi connectivity index (χ2v) is 6.00. The van der Waals surface area contributed by atoms with Gasteiger partial charge in [-0.25, -0.2) is 0 Å². The number of pyridine rings is 1. The number of rotatable bonds is 3. The average molecular weight is 297 g/mol. The lowest BCUT2D eigenvalue weighted by molar-refractivity contribution is 0.726. The summed E-state index contributed by atoms with van der Waals surface area (Å²) in [4.78, 5) is 14.5. The van der Waals surface area contributed by atoms with Crippen LogP contribution in [0.4, 0.5) is 11.4 Å². The molecule has 0 spiro atoms. The molecule has 0 atom stereocenters. The highest BCUT2D eigenvalue weighted by molar-refractivity contribution is 5.44. The molecule has 0 bridgehead atoms. The molecule has 3 rings (SSSR count). The normalized spacial score (nSPS) is 15.5. The Morgan fingerprint density at radius 3 is 2.27 bits per heavy atom. The van der Waals surface area contributed by atoms with Crippen LogP contribution >= 0.6 is 0 Å². The first-order chi connectivity index (χ1) is 10.7. The average Bonchev–Trinajstić information content (AvgIpc) is 2.81. The van der Waals surface area contributed by atoms with Gasteiger partial charge in [-0.1, -0.05) is 25.0 Å². The fourth-order valence-corrected chi connectivity index (χ4v) is 2.98. The monoisotopic (exact) mass is 297 g/mol. The number of aromatic nitrogens is 1. The minimum absolute atomic E-state index is 0.0374. The maximum Gasteiger partial charge on any atom is 0.250 e. The summed E-state index contributed by atoms with van der Waals surface area (Å²) < 4.78 is 1.78. The topological polar surface area (TPSA) is 51.3 Å². The molecule has 2 aromatic rings. The predicted molar refractivity (Wildman–Crippen MR) is 91.3 cm³/mol. The lowest BCUT2D eigenvalue weighted by atomic mass is 10.2. The number of nitrogens with zero attached hydrogens (tertiary/aromatic N) is 2. The summed E-state index contributed by atoms with van der Waals surface area (Å²) in [6.07, 6.45) is 7.07. The molecule has 0 radical (unpaired) electrons. The van der Waals surface area contributed by atoms with Crippen molar-refractivity contribution >= 4 is 11.4 Å². The molecule has 0 saturated carbocycles. The first-order valence-electron chi connectivity index (χ1n) is 8.02. The summed E-state index contributed by atoms with van der Waals surface area (Å²) in [5, 5.41) is 0. The molecule has 4 nitrogen and oxygen atoms in total. The van der Waals surface area contributed by atoms with Gasteiger partial charge in [-0.15, -0.1) is 0 Å². The van der Waals surface area contributed by atoms with Crippen molar-refractivity contribution in [2.75, 3.05) is 23.7 Å². The zero-order valence-electron chi connectivity index (χ0n) is 12.9. The molecule has 1 fully saturated rings. The van der Waals surface area contributed by atoms with Gasteiger partial charge in [-0.2, -0.15) is 0 Å². The van der Waals surface area contributed by atoms with Gasteiger partial charge < -0.3 is 15.2 Å². The van der Waals surface area contributed by atoms with E-state index >= 15 is 0 Å². The molecule has 1 aromatic heterocycles. The number of nitrogens with two attached hydrogens (primary N) is 1. The molecule has 116 valence electrons. The van der Waals surface area contributed by atoms with Gasteiger partial charge in [0.15, 0.2) is 0 Å². The van der Waals surface area contributed by atoms with E-state index in [1.165, 1.54) is 25.7 Å². The van der Waals surface area contributed by atoms with Crippen LogP contribution in [0.25, 0.3) is 0 Å². The van der Waals surface area contributed by atoms with Crippen LogP contribution in [0.1, 0.15) is 31.2 Å². The van der Waals surface area contributed by atoms with E-state index in [4.69, 9.17) is 5.73 Å². The highest BCUT2D eigenvalue weighted by Crippen LogP contribution is 2.18. The lowest BCUT2D eigenvalue weighted by Crippen LogP contribution is -2.27. The maximum atomic E-state index is 12.1. The highest BCUT2D eigenvalue weighted by Gasteiger charge is 2.11. The Kier molecular flexibility index (Phi) is 4.47. The van der Waals surface area contributed by atoms with Crippen molar-refractivity contribution in [3.63, 3.8) is 0 Å². The van der Waals surface area contributed by atoms with Crippen LogP contribution in [0.3, 0.4) is 0 Å². The molecule has 1 saturated heterocycles. The Morgan fingerprint density at radius 1 is 0.909 bits per heavy atom. The molecule has 0 unspecified atom stereocenters. The first kappa shape index (κ1) is 14.7. The molecule has 1 aliphatic rings.